The maximum atomic E-state index is 13.0. The summed E-state index contributed by atoms with van der Waals surface area (Å²) in [5.41, 5.74) is 1.57. The third-order valence-corrected chi connectivity index (χ3v) is 6.77. The van der Waals surface area contributed by atoms with Crippen molar-refractivity contribution in [3.63, 3.8) is 0 Å². The Hall–Kier alpha value is -2.00. The zero-order valence-corrected chi connectivity index (χ0v) is 14.3. The van der Waals surface area contributed by atoms with E-state index in [4.69, 9.17) is 0 Å². The van der Waals surface area contributed by atoms with Gasteiger partial charge in [-0.2, -0.15) is 0 Å². The van der Waals surface area contributed by atoms with Gasteiger partial charge >= 0.3 is 0 Å². The van der Waals surface area contributed by atoms with Gasteiger partial charge in [0.1, 0.15) is 5.82 Å². The predicted octanol–water partition coefficient (Wildman–Crippen LogP) is 2.44. The van der Waals surface area contributed by atoms with Crippen LogP contribution >= 0.6 is 11.3 Å². The van der Waals surface area contributed by atoms with E-state index in [1.807, 2.05) is 0 Å². The summed E-state index contributed by atoms with van der Waals surface area (Å²) in [6.07, 6.45) is 2.50. The first-order chi connectivity index (χ1) is 11.5. The lowest BCUT2D eigenvalue weighted by Gasteiger charge is -2.07. The molecule has 1 aromatic carbocycles. The van der Waals surface area contributed by atoms with E-state index < -0.39 is 9.84 Å². The lowest BCUT2D eigenvalue weighted by molar-refractivity contribution is 0.595. The van der Waals surface area contributed by atoms with Gasteiger partial charge in [0, 0.05) is 12.1 Å². The molecule has 1 aliphatic heterocycles. The molecule has 0 radical (unpaired) electrons. The lowest BCUT2D eigenvalue weighted by atomic mass is 10.1. The Morgan fingerprint density at radius 3 is 2.79 bits per heavy atom. The molecule has 3 heterocycles. The van der Waals surface area contributed by atoms with Crippen LogP contribution in [0.25, 0.3) is 16.2 Å². The fraction of sp³-hybridized carbons (Fsp3) is 0.333. The number of hydrogen-bond acceptors (Lipinski definition) is 6. The number of hydrogen-bond donors (Lipinski definition) is 1. The van der Waals surface area contributed by atoms with Crippen LogP contribution in [0.2, 0.25) is 0 Å². The minimum Gasteiger partial charge on any atom is -0.360 e. The van der Waals surface area contributed by atoms with Crippen molar-refractivity contribution in [2.45, 2.75) is 6.42 Å². The largest absolute Gasteiger partial charge is 0.360 e. The molecule has 3 aromatic rings. The van der Waals surface area contributed by atoms with Gasteiger partial charge in [0.25, 0.3) is 0 Å². The van der Waals surface area contributed by atoms with Crippen molar-refractivity contribution in [3.05, 3.63) is 36.3 Å². The minimum atomic E-state index is -2.85. The van der Waals surface area contributed by atoms with Crippen molar-refractivity contribution < 1.29 is 12.8 Å². The van der Waals surface area contributed by atoms with Gasteiger partial charge < -0.3 is 5.32 Å². The summed E-state index contributed by atoms with van der Waals surface area (Å²) in [5, 5.41) is 8.33. The molecule has 1 fully saturated rings. The summed E-state index contributed by atoms with van der Waals surface area (Å²) in [6.45, 7) is 0.598. The second-order valence-corrected chi connectivity index (χ2v) is 9.10. The molecule has 1 saturated heterocycles. The number of benzene rings is 1. The Bertz CT molecular complexity index is 947. The topological polar surface area (TPSA) is 76.4 Å². The highest BCUT2D eigenvalue weighted by molar-refractivity contribution is 7.91. The molecular formula is C15H15FN4O2S2. The van der Waals surface area contributed by atoms with Crippen molar-refractivity contribution in [2.75, 3.05) is 23.4 Å². The highest BCUT2D eigenvalue weighted by atomic mass is 32.2. The normalized spacial score (nSPS) is 19.8. The maximum absolute atomic E-state index is 13.0. The van der Waals surface area contributed by atoms with Crippen molar-refractivity contribution in [3.8, 4) is 11.3 Å². The zero-order valence-electron chi connectivity index (χ0n) is 12.6. The number of rotatable bonds is 4. The standard InChI is InChI=1S/C15H15FN4O2S2/c16-12-3-1-11(2-4-12)13-8-20-15(18-13)23-14(19-20)17-7-10-5-6-24(21,22)9-10/h1-4,8,10H,5-7,9H2,(H,17,19). The van der Waals surface area contributed by atoms with E-state index in [1.54, 1.807) is 22.8 Å². The van der Waals surface area contributed by atoms with Crippen LogP contribution in [0.3, 0.4) is 0 Å². The number of imidazole rings is 1. The van der Waals surface area contributed by atoms with Gasteiger partial charge in [0.05, 0.1) is 23.4 Å². The second-order valence-electron chi connectivity index (χ2n) is 5.92. The van der Waals surface area contributed by atoms with Gasteiger partial charge in [0.15, 0.2) is 9.84 Å². The molecule has 24 heavy (non-hydrogen) atoms. The molecule has 0 saturated carbocycles. The second kappa shape index (κ2) is 5.82. The van der Waals surface area contributed by atoms with E-state index >= 15 is 0 Å². The van der Waals surface area contributed by atoms with E-state index in [1.165, 1.54) is 23.5 Å². The molecule has 1 aliphatic rings. The van der Waals surface area contributed by atoms with Crippen LogP contribution in [0, 0.1) is 11.7 Å². The van der Waals surface area contributed by atoms with E-state index in [2.05, 4.69) is 15.4 Å². The van der Waals surface area contributed by atoms with E-state index in [0.717, 1.165) is 16.2 Å². The van der Waals surface area contributed by atoms with Crippen molar-refractivity contribution in [1.82, 2.24) is 14.6 Å². The van der Waals surface area contributed by atoms with Gasteiger partial charge in [-0.1, -0.05) is 11.3 Å². The summed E-state index contributed by atoms with van der Waals surface area (Å²) in [6, 6.07) is 6.17. The van der Waals surface area contributed by atoms with Crippen LogP contribution in [0.15, 0.2) is 30.5 Å². The molecule has 1 atom stereocenters. The monoisotopic (exact) mass is 366 g/mol. The van der Waals surface area contributed by atoms with Crippen LogP contribution in [0.1, 0.15) is 6.42 Å². The Balaban J connectivity index is 1.47. The molecule has 0 bridgehead atoms. The third kappa shape index (κ3) is 3.13. The van der Waals surface area contributed by atoms with E-state index in [-0.39, 0.29) is 23.2 Å². The summed E-state index contributed by atoms with van der Waals surface area (Å²) in [5.74, 6) is 0.387. The molecule has 1 unspecified atom stereocenters. The Morgan fingerprint density at radius 1 is 1.33 bits per heavy atom. The first kappa shape index (κ1) is 15.5. The van der Waals surface area contributed by atoms with Gasteiger partial charge in [0.2, 0.25) is 10.1 Å². The molecule has 9 heteroatoms. The Labute approximate surface area is 142 Å². The molecule has 0 amide bonds. The van der Waals surface area contributed by atoms with Crippen LogP contribution < -0.4 is 5.32 Å². The number of halogens is 1. The molecule has 0 aliphatic carbocycles. The smallest absolute Gasteiger partial charge is 0.214 e. The summed E-state index contributed by atoms with van der Waals surface area (Å²) in [4.78, 5) is 5.23. The van der Waals surface area contributed by atoms with E-state index in [9.17, 15) is 12.8 Å². The van der Waals surface area contributed by atoms with Gasteiger partial charge in [-0.25, -0.2) is 22.3 Å². The molecule has 1 N–H and O–H groups in total. The third-order valence-electron chi connectivity index (χ3n) is 4.05. The molecule has 2 aromatic heterocycles. The molecular weight excluding hydrogens is 351 g/mol. The first-order valence-corrected chi connectivity index (χ1v) is 10.2. The minimum absolute atomic E-state index is 0.140. The zero-order chi connectivity index (χ0) is 16.7. The number of nitrogens with one attached hydrogen (secondary N) is 1. The van der Waals surface area contributed by atoms with Gasteiger partial charge in [-0.05, 0) is 36.6 Å². The summed E-state index contributed by atoms with van der Waals surface area (Å²) >= 11 is 1.41. The van der Waals surface area contributed by atoms with Crippen molar-refractivity contribution in [1.29, 1.82) is 0 Å². The average molecular weight is 366 g/mol. The highest BCUT2D eigenvalue weighted by Crippen LogP contribution is 2.25. The van der Waals surface area contributed by atoms with Crippen LogP contribution in [-0.2, 0) is 9.84 Å². The van der Waals surface area contributed by atoms with Crippen molar-refractivity contribution >= 4 is 31.3 Å². The quantitative estimate of drug-likeness (QED) is 0.767. The number of anilines is 1. The Morgan fingerprint density at radius 2 is 2.12 bits per heavy atom. The number of aromatic nitrogens is 3. The number of fused-ring (bicyclic) bond motifs is 1. The lowest BCUT2D eigenvalue weighted by Crippen LogP contribution is -2.15. The molecule has 4 rings (SSSR count). The van der Waals surface area contributed by atoms with Crippen LogP contribution in [0.5, 0.6) is 0 Å². The van der Waals surface area contributed by atoms with Crippen LogP contribution in [0.4, 0.5) is 9.52 Å². The SMILES string of the molecule is O=S1(=O)CCC(CNc2nn3cc(-c4ccc(F)cc4)nc3s2)C1. The summed E-state index contributed by atoms with van der Waals surface area (Å²) in [7, 11) is -2.85. The number of nitrogens with zero attached hydrogens (tertiary/aromatic N) is 3. The average Bonchev–Trinajstić information content (AvgIpc) is 3.18. The van der Waals surface area contributed by atoms with Crippen LogP contribution in [-0.4, -0.2) is 41.1 Å². The Kier molecular flexibility index (Phi) is 3.76. The van der Waals surface area contributed by atoms with Gasteiger partial charge in [-0.3, -0.25) is 0 Å². The molecule has 6 nitrogen and oxygen atoms in total. The van der Waals surface area contributed by atoms with Crippen molar-refractivity contribution in [2.24, 2.45) is 5.92 Å². The fourth-order valence-electron chi connectivity index (χ4n) is 2.80. The highest BCUT2D eigenvalue weighted by Gasteiger charge is 2.27. The van der Waals surface area contributed by atoms with E-state index in [0.29, 0.717) is 18.1 Å². The summed E-state index contributed by atoms with van der Waals surface area (Å²) < 4.78 is 37.6. The fourth-order valence-corrected chi connectivity index (χ4v) is 5.45. The molecule has 126 valence electrons. The van der Waals surface area contributed by atoms with Gasteiger partial charge in [-0.15, -0.1) is 5.10 Å². The predicted molar refractivity (Wildman–Crippen MR) is 91.5 cm³/mol. The number of sulfone groups is 1. The maximum Gasteiger partial charge on any atom is 0.214 e. The molecule has 0 spiro atoms. The first-order valence-electron chi connectivity index (χ1n) is 7.55.